The second kappa shape index (κ2) is 7.06. The van der Waals surface area contributed by atoms with Crippen molar-refractivity contribution in [3.05, 3.63) is 30.1 Å². The molecule has 1 atom stereocenters. The highest BCUT2D eigenvalue weighted by Gasteiger charge is 2.33. The van der Waals surface area contributed by atoms with Crippen LogP contribution in [0, 0.1) is 5.82 Å². The van der Waals surface area contributed by atoms with Crippen molar-refractivity contribution in [2.24, 2.45) is 0 Å². The second-order valence-corrected chi connectivity index (χ2v) is 4.97. The van der Waals surface area contributed by atoms with Gasteiger partial charge in [0.2, 0.25) is 5.91 Å². The Morgan fingerprint density at radius 1 is 1.38 bits per heavy atom. The molecule has 114 valence electrons. The van der Waals surface area contributed by atoms with Crippen LogP contribution >= 0.6 is 0 Å². The highest BCUT2D eigenvalue weighted by Crippen LogP contribution is 2.19. The van der Waals surface area contributed by atoms with Gasteiger partial charge in [0.25, 0.3) is 0 Å². The van der Waals surface area contributed by atoms with Crippen molar-refractivity contribution in [1.29, 1.82) is 0 Å². The summed E-state index contributed by atoms with van der Waals surface area (Å²) in [5.74, 6) is -1.41. The van der Waals surface area contributed by atoms with Crippen molar-refractivity contribution >= 4 is 11.9 Å². The standard InChI is InChI=1S/C15H18FNO4/c16-11-5-1-2-7-13(11)21-10-4-8-14(18)17-9-3-6-12(17)15(19)20/h1-2,5,7,12H,3-4,6,8-10H2,(H,19,20). The van der Waals surface area contributed by atoms with E-state index in [1.807, 2.05) is 0 Å². The van der Waals surface area contributed by atoms with E-state index < -0.39 is 17.8 Å². The smallest absolute Gasteiger partial charge is 0.326 e. The molecular weight excluding hydrogens is 277 g/mol. The number of carboxylic acids is 1. The van der Waals surface area contributed by atoms with Crippen LogP contribution < -0.4 is 4.74 Å². The van der Waals surface area contributed by atoms with E-state index in [1.54, 1.807) is 12.1 Å². The number of ether oxygens (including phenoxy) is 1. The predicted molar refractivity (Wildman–Crippen MR) is 73.5 cm³/mol. The molecule has 1 amide bonds. The Morgan fingerprint density at radius 3 is 2.86 bits per heavy atom. The molecule has 1 aliphatic heterocycles. The van der Waals surface area contributed by atoms with E-state index in [2.05, 4.69) is 0 Å². The molecule has 1 aliphatic rings. The van der Waals surface area contributed by atoms with Crippen molar-refractivity contribution in [1.82, 2.24) is 4.90 Å². The summed E-state index contributed by atoms with van der Waals surface area (Å²) in [5.41, 5.74) is 0. The largest absolute Gasteiger partial charge is 0.491 e. The molecule has 1 unspecified atom stereocenters. The predicted octanol–water partition coefficient (Wildman–Crippen LogP) is 2.06. The molecule has 0 radical (unpaired) electrons. The molecule has 0 aromatic heterocycles. The summed E-state index contributed by atoms with van der Waals surface area (Å²) in [6, 6.07) is 5.38. The van der Waals surface area contributed by atoms with Crippen molar-refractivity contribution < 1.29 is 23.8 Å². The third-order valence-corrected chi connectivity index (χ3v) is 3.49. The van der Waals surface area contributed by atoms with Crippen LogP contribution in [-0.2, 0) is 9.59 Å². The molecule has 1 aromatic rings. The van der Waals surface area contributed by atoms with Crippen molar-refractivity contribution in [3.8, 4) is 5.75 Å². The van der Waals surface area contributed by atoms with Gasteiger partial charge >= 0.3 is 5.97 Å². The lowest BCUT2D eigenvalue weighted by molar-refractivity contribution is -0.148. The minimum atomic E-state index is -0.955. The SMILES string of the molecule is O=C(O)C1CCCN1C(=O)CCCOc1ccccc1F. The van der Waals surface area contributed by atoms with Crippen LogP contribution in [0.15, 0.2) is 24.3 Å². The molecule has 6 heteroatoms. The van der Waals surface area contributed by atoms with Gasteiger partial charge in [-0.05, 0) is 31.4 Å². The van der Waals surface area contributed by atoms with E-state index in [-0.39, 0.29) is 24.7 Å². The number of likely N-dealkylation sites (tertiary alicyclic amines) is 1. The lowest BCUT2D eigenvalue weighted by Gasteiger charge is -2.21. The lowest BCUT2D eigenvalue weighted by atomic mass is 10.2. The quantitative estimate of drug-likeness (QED) is 0.816. The van der Waals surface area contributed by atoms with Gasteiger partial charge in [0, 0.05) is 13.0 Å². The Hall–Kier alpha value is -2.11. The summed E-state index contributed by atoms with van der Waals surface area (Å²) in [6.07, 6.45) is 1.86. The van der Waals surface area contributed by atoms with Crippen LogP contribution in [0.5, 0.6) is 5.75 Å². The first kappa shape index (κ1) is 15.3. The number of hydrogen-bond donors (Lipinski definition) is 1. The fourth-order valence-electron chi connectivity index (χ4n) is 2.43. The van der Waals surface area contributed by atoms with E-state index in [4.69, 9.17) is 9.84 Å². The van der Waals surface area contributed by atoms with Gasteiger partial charge in [-0.25, -0.2) is 9.18 Å². The average Bonchev–Trinajstić information content (AvgIpc) is 2.95. The van der Waals surface area contributed by atoms with Gasteiger partial charge in [-0.3, -0.25) is 4.79 Å². The van der Waals surface area contributed by atoms with E-state index >= 15 is 0 Å². The summed E-state index contributed by atoms with van der Waals surface area (Å²) >= 11 is 0. The monoisotopic (exact) mass is 295 g/mol. The van der Waals surface area contributed by atoms with Crippen LogP contribution in [0.3, 0.4) is 0 Å². The maximum atomic E-state index is 13.3. The fourth-order valence-corrected chi connectivity index (χ4v) is 2.43. The summed E-state index contributed by atoms with van der Waals surface area (Å²) in [4.78, 5) is 24.4. The Balaban J connectivity index is 1.75. The van der Waals surface area contributed by atoms with Crippen molar-refractivity contribution in [3.63, 3.8) is 0 Å². The zero-order valence-electron chi connectivity index (χ0n) is 11.6. The van der Waals surface area contributed by atoms with Crippen molar-refractivity contribution in [2.75, 3.05) is 13.2 Å². The molecule has 0 bridgehead atoms. The number of carbonyl (C=O) groups is 2. The molecule has 0 aliphatic carbocycles. The molecular formula is C15H18FNO4. The van der Waals surface area contributed by atoms with Crippen LogP contribution in [-0.4, -0.2) is 41.1 Å². The Bertz CT molecular complexity index is 520. The zero-order valence-corrected chi connectivity index (χ0v) is 11.6. The Labute approximate surface area is 122 Å². The third kappa shape index (κ3) is 3.93. The van der Waals surface area contributed by atoms with E-state index in [0.29, 0.717) is 25.8 Å². The van der Waals surface area contributed by atoms with Gasteiger partial charge < -0.3 is 14.7 Å². The molecule has 21 heavy (non-hydrogen) atoms. The van der Waals surface area contributed by atoms with Crippen LogP contribution in [0.1, 0.15) is 25.7 Å². The van der Waals surface area contributed by atoms with Gasteiger partial charge in [0.1, 0.15) is 6.04 Å². The van der Waals surface area contributed by atoms with E-state index in [0.717, 1.165) is 0 Å². The molecule has 0 spiro atoms. The number of para-hydroxylation sites is 1. The highest BCUT2D eigenvalue weighted by atomic mass is 19.1. The summed E-state index contributed by atoms with van der Waals surface area (Å²) < 4.78 is 18.6. The lowest BCUT2D eigenvalue weighted by Crippen LogP contribution is -2.40. The van der Waals surface area contributed by atoms with Crippen LogP contribution in [0.4, 0.5) is 4.39 Å². The molecule has 1 N–H and O–H groups in total. The van der Waals surface area contributed by atoms with Gasteiger partial charge in [0.15, 0.2) is 11.6 Å². The maximum Gasteiger partial charge on any atom is 0.326 e. The van der Waals surface area contributed by atoms with Crippen molar-refractivity contribution in [2.45, 2.75) is 31.7 Å². The minimum absolute atomic E-state index is 0.162. The number of amides is 1. The fraction of sp³-hybridized carbons (Fsp3) is 0.467. The molecule has 0 saturated carbocycles. The Kier molecular flexibility index (Phi) is 5.14. The molecule has 2 rings (SSSR count). The van der Waals surface area contributed by atoms with E-state index in [9.17, 15) is 14.0 Å². The molecule has 1 heterocycles. The summed E-state index contributed by atoms with van der Waals surface area (Å²) in [6.45, 7) is 0.711. The van der Waals surface area contributed by atoms with Gasteiger partial charge in [-0.1, -0.05) is 12.1 Å². The number of rotatable bonds is 6. The van der Waals surface area contributed by atoms with Gasteiger partial charge in [0.05, 0.1) is 6.61 Å². The number of carboxylic acid groups (broad SMARTS) is 1. The zero-order chi connectivity index (χ0) is 15.2. The summed E-state index contributed by atoms with van der Waals surface area (Å²) in [5, 5.41) is 9.02. The second-order valence-electron chi connectivity index (χ2n) is 4.97. The molecule has 1 aromatic carbocycles. The number of nitrogens with zero attached hydrogens (tertiary/aromatic N) is 1. The normalized spacial score (nSPS) is 17.8. The molecule has 5 nitrogen and oxygen atoms in total. The minimum Gasteiger partial charge on any atom is -0.491 e. The first-order chi connectivity index (χ1) is 10.1. The number of halogens is 1. The van der Waals surface area contributed by atoms with E-state index in [1.165, 1.54) is 17.0 Å². The summed E-state index contributed by atoms with van der Waals surface area (Å²) in [7, 11) is 0. The van der Waals surface area contributed by atoms with Crippen LogP contribution in [0.2, 0.25) is 0 Å². The third-order valence-electron chi connectivity index (χ3n) is 3.49. The number of carbonyl (C=O) groups excluding carboxylic acids is 1. The molecule has 1 fully saturated rings. The number of aliphatic carboxylic acids is 1. The highest BCUT2D eigenvalue weighted by molar-refractivity contribution is 5.84. The maximum absolute atomic E-state index is 13.3. The average molecular weight is 295 g/mol. The Morgan fingerprint density at radius 2 is 2.14 bits per heavy atom. The van der Waals surface area contributed by atoms with Gasteiger partial charge in [-0.2, -0.15) is 0 Å². The number of benzene rings is 1. The first-order valence-corrected chi connectivity index (χ1v) is 6.99. The molecule has 1 saturated heterocycles. The van der Waals surface area contributed by atoms with Gasteiger partial charge in [-0.15, -0.1) is 0 Å². The topological polar surface area (TPSA) is 66.8 Å². The first-order valence-electron chi connectivity index (χ1n) is 6.99. The van der Waals surface area contributed by atoms with Crippen LogP contribution in [0.25, 0.3) is 0 Å². The number of hydrogen-bond acceptors (Lipinski definition) is 3.